The number of primary amides is 1. The second-order valence-electron chi connectivity index (χ2n) is 4.99. The van der Waals surface area contributed by atoms with Crippen molar-refractivity contribution in [1.82, 2.24) is 4.57 Å². The molecule has 0 saturated carbocycles. The minimum Gasteiger partial charge on any atom is -0.366 e. The average Bonchev–Trinajstić information content (AvgIpc) is 2.70. The molecule has 0 aliphatic heterocycles. The monoisotopic (exact) mass is 278 g/mol. The van der Waals surface area contributed by atoms with Gasteiger partial charge in [-0.05, 0) is 45.0 Å². The Kier molecular flexibility index (Phi) is 3.61. The number of nitrogens with zero attached hydrogens (tertiary/aromatic N) is 1. The topological polar surface area (TPSA) is 48.0 Å². The number of benzene rings is 1. The van der Waals surface area contributed by atoms with E-state index in [-0.39, 0.29) is 6.04 Å². The summed E-state index contributed by atoms with van der Waals surface area (Å²) in [5, 5.41) is 0. The summed E-state index contributed by atoms with van der Waals surface area (Å²) in [6, 6.07) is 5.35. The summed E-state index contributed by atoms with van der Waals surface area (Å²) < 4.78 is 28.3. The molecule has 0 fully saturated rings. The van der Waals surface area contributed by atoms with Gasteiger partial charge in [-0.1, -0.05) is 0 Å². The van der Waals surface area contributed by atoms with Gasteiger partial charge >= 0.3 is 0 Å². The summed E-state index contributed by atoms with van der Waals surface area (Å²) >= 11 is 0. The number of amides is 1. The molecule has 3 nitrogen and oxygen atoms in total. The number of hydrogen-bond acceptors (Lipinski definition) is 1. The molecule has 1 amide bonds. The van der Waals surface area contributed by atoms with E-state index in [4.69, 9.17) is 5.73 Å². The first kappa shape index (κ1) is 14.2. The zero-order chi connectivity index (χ0) is 15.0. The number of carbonyl (C=O) groups excluding carboxylic acids is 1. The Morgan fingerprint density at radius 1 is 1.20 bits per heavy atom. The summed E-state index contributed by atoms with van der Waals surface area (Å²) in [6.07, 6.45) is 0. The quantitative estimate of drug-likeness (QED) is 0.918. The SMILES string of the molecule is Cc1c(C(N)=O)cc(-c2ccc(F)c(F)c2)n1C(C)C. The predicted octanol–water partition coefficient (Wildman–Crippen LogP) is 3.42. The lowest BCUT2D eigenvalue weighted by molar-refractivity contribution is 0.0999. The fourth-order valence-corrected chi connectivity index (χ4v) is 2.41. The van der Waals surface area contributed by atoms with Gasteiger partial charge in [0.05, 0.1) is 5.56 Å². The van der Waals surface area contributed by atoms with Crippen molar-refractivity contribution in [2.75, 3.05) is 0 Å². The molecule has 1 aromatic carbocycles. The lowest BCUT2D eigenvalue weighted by Gasteiger charge is -2.16. The van der Waals surface area contributed by atoms with Crippen LogP contribution in [0.1, 0.15) is 35.9 Å². The Labute approximate surface area is 116 Å². The first-order chi connectivity index (χ1) is 9.32. The van der Waals surface area contributed by atoms with Crippen LogP contribution in [0.4, 0.5) is 8.78 Å². The van der Waals surface area contributed by atoms with Gasteiger partial charge in [0, 0.05) is 23.0 Å². The molecule has 2 rings (SSSR count). The Balaban J connectivity index is 2.69. The van der Waals surface area contributed by atoms with Gasteiger partial charge in [-0.3, -0.25) is 4.79 Å². The maximum atomic E-state index is 13.4. The first-order valence-electron chi connectivity index (χ1n) is 6.30. The van der Waals surface area contributed by atoms with Gasteiger partial charge < -0.3 is 10.3 Å². The molecular weight excluding hydrogens is 262 g/mol. The second kappa shape index (κ2) is 5.07. The van der Waals surface area contributed by atoms with Crippen LogP contribution in [0, 0.1) is 18.6 Å². The normalized spacial score (nSPS) is 11.1. The third-order valence-corrected chi connectivity index (χ3v) is 3.29. The van der Waals surface area contributed by atoms with Crippen LogP contribution in [-0.4, -0.2) is 10.5 Å². The highest BCUT2D eigenvalue weighted by molar-refractivity contribution is 5.95. The van der Waals surface area contributed by atoms with Crippen LogP contribution in [0.5, 0.6) is 0 Å². The number of carbonyl (C=O) groups is 1. The molecule has 2 N–H and O–H groups in total. The molecule has 0 aliphatic carbocycles. The molecular formula is C15H16F2N2O. The molecule has 20 heavy (non-hydrogen) atoms. The number of aromatic nitrogens is 1. The molecule has 2 aromatic rings. The number of hydrogen-bond donors (Lipinski definition) is 1. The van der Waals surface area contributed by atoms with Crippen molar-refractivity contribution < 1.29 is 13.6 Å². The fourth-order valence-electron chi connectivity index (χ4n) is 2.41. The molecule has 0 unspecified atom stereocenters. The number of rotatable bonds is 3. The van der Waals surface area contributed by atoms with E-state index < -0.39 is 17.5 Å². The van der Waals surface area contributed by atoms with Gasteiger partial charge in [0.1, 0.15) is 0 Å². The lowest BCUT2D eigenvalue weighted by atomic mass is 10.1. The Bertz CT molecular complexity index is 675. The molecule has 0 spiro atoms. The molecule has 106 valence electrons. The van der Waals surface area contributed by atoms with Gasteiger partial charge in [0.25, 0.3) is 5.91 Å². The minimum atomic E-state index is -0.919. The summed E-state index contributed by atoms with van der Waals surface area (Å²) in [7, 11) is 0. The van der Waals surface area contributed by atoms with E-state index in [9.17, 15) is 13.6 Å². The minimum absolute atomic E-state index is 0.0613. The van der Waals surface area contributed by atoms with E-state index in [0.29, 0.717) is 22.5 Å². The summed E-state index contributed by atoms with van der Waals surface area (Å²) in [6.45, 7) is 5.67. The summed E-state index contributed by atoms with van der Waals surface area (Å²) in [5.41, 5.74) is 7.60. The van der Waals surface area contributed by atoms with E-state index in [0.717, 1.165) is 12.1 Å². The van der Waals surface area contributed by atoms with Crippen molar-refractivity contribution in [2.24, 2.45) is 5.73 Å². The summed E-state index contributed by atoms with van der Waals surface area (Å²) in [4.78, 5) is 11.4. The lowest BCUT2D eigenvalue weighted by Crippen LogP contribution is -2.13. The predicted molar refractivity (Wildman–Crippen MR) is 73.4 cm³/mol. The van der Waals surface area contributed by atoms with Crippen molar-refractivity contribution in [1.29, 1.82) is 0 Å². The third kappa shape index (κ3) is 2.31. The zero-order valence-corrected chi connectivity index (χ0v) is 11.6. The average molecular weight is 278 g/mol. The molecule has 5 heteroatoms. The van der Waals surface area contributed by atoms with Crippen LogP contribution in [-0.2, 0) is 0 Å². The van der Waals surface area contributed by atoms with Gasteiger partial charge in [0.2, 0.25) is 0 Å². The van der Waals surface area contributed by atoms with Gasteiger partial charge in [-0.25, -0.2) is 8.78 Å². The number of halogens is 2. The maximum Gasteiger partial charge on any atom is 0.250 e. The maximum absolute atomic E-state index is 13.4. The third-order valence-electron chi connectivity index (χ3n) is 3.29. The highest BCUT2D eigenvalue weighted by atomic mass is 19.2. The van der Waals surface area contributed by atoms with Crippen molar-refractivity contribution in [3.05, 3.63) is 47.2 Å². The fraction of sp³-hybridized carbons (Fsp3) is 0.267. The Hall–Kier alpha value is -2.17. The Morgan fingerprint density at radius 2 is 1.85 bits per heavy atom. The van der Waals surface area contributed by atoms with E-state index >= 15 is 0 Å². The van der Waals surface area contributed by atoms with E-state index in [1.54, 1.807) is 13.0 Å². The molecule has 1 heterocycles. The van der Waals surface area contributed by atoms with Crippen LogP contribution in [0.15, 0.2) is 24.3 Å². The van der Waals surface area contributed by atoms with Crippen LogP contribution in [0.2, 0.25) is 0 Å². The molecule has 0 saturated heterocycles. The van der Waals surface area contributed by atoms with Crippen molar-refractivity contribution in [3.8, 4) is 11.3 Å². The smallest absolute Gasteiger partial charge is 0.250 e. The molecule has 1 aromatic heterocycles. The van der Waals surface area contributed by atoms with Gasteiger partial charge in [0.15, 0.2) is 11.6 Å². The van der Waals surface area contributed by atoms with Crippen LogP contribution < -0.4 is 5.73 Å². The van der Waals surface area contributed by atoms with Crippen LogP contribution in [0.3, 0.4) is 0 Å². The van der Waals surface area contributed by atoms with Gasteiger partial charge in [-0.15, -0.1) is 0 Å². The van der Waals surface area contributed by atoms with Gasteiger partial charge in [-0.2, -0.15) is 0 Å². The van der Waals surface area contributed by atoms with E-state index in [2.05, 4.69) is 0 Å². The first-order valence-corrected chi connectivity index (χ1v) is 6.30. The molecule has 0 atom stereocenters. The Morgan fingerprint density at radius 3 is 2.35 bits per heavy atom. The highest BCUT2D eigenvalue weighted by Gasteiger charge is 2.19. The van der Waals surface area contributed by atoms with E-state index in [1.165, 1.54) is 6.07 Å². The van der Waals surface area contributed by atoms with Crippen molar-refractivity contribution in [2.45, 2.75) is 26.8 Å². The molecule has 0 bridgehead atoms. The van der Waals surface area contributed by atoms with Crippen LogP contribution >= 0.6 is 0 Å². The van der Waals surface area contributed by atoms with Crippen molar-refractivity contribution >= 4 is 5.91 Å². The highest BCUT2D eigenvalue weighted by Crippen LogP contribution is 2.30. The standard InChI is InChI=1S/C15H16F2N2O/c1-8(2)19-9(3)11(15(18)20)7-14(19)10-4-5-12(16)13(17)6-10/h4-8H,1-3H3,(H2,18,20). The van der Waals surface area contributed by atoms with E-state index in [1.807, 2.05) is 18.4 Å². The van der Waals surface area contributed by atoms with Crippen molar-refractivity contribution in [3.63, 3.8) is 0 Å². The van der Waals surface area contributed by atoms with Crippen LogP contribution in [0.25, 0.3) is 11.3 Å². The molecule has 0 aliphatic rings. The number of nitrogens with two attached hydrogens (primary N) is 1. The zero-order valence-electron chi connectivity index (χ0n) is 11.6. The largest absolute Gasteiger partial charge is 0.366 e. The second-order valence-corrected chi connectivity index (χ2v) is 4.99. The summed E-state index contributed by atoms with van der Waals surface area (Å²) in [5.74, 6) is -2.36. The molecule has 0 radical (unpaired) electrons.